The van der Waals surface area contributed by atoms with E-state index in [9.17, 15) is 13.6 Å². The number of ether oxygens (including phenoxy) is 2. The Hall–Kier alpha value is -3.99. The third kappa shape index (κ3) is 5.44. The Kier molecular flexibility index (Phi) is 7.23. The number of nitrogens with two attached hydrogens (primary N) is 2. The summed E-state index contributed by atoms with van der Waals surface area (Å²) in [7, 11) is 2.85. The standard InChI is InChI=1S/C22H24F2N6O3/c1-11(25)19(13-6-4-5-7-15(13)23)29-22-16(24)10-14(20(26)31)21(30-22)27-12-8-17(32-2)28-18(9-12)33-3/h4-11,19H,25H2,1-3H3,(H2,26,31)(H2,27,28,29,30)/t11-,19-/m0/s1. The van der Waals surface area contributed by atoms with Gasteiger partial charge in [0, 0.05) is 23.7 Å². The number of halogens is 2. The van der Waals surface area contributed by atoms with Gasteiger partial charge in [-0.1, -0.05) is 18.2 Å². The molecule has 9 nitrogen and oxygen atoms in total. The van der Waals surface area contributed by atoms with Gasteiger partial charge in [-0.05, 0) is 19.1 Å². The Morgan fingerprint density at radius 2 is 1.64 bits per heavy atom. The van der Waals surface area contributed by atoms with Crippen molar-refractivity contribution in [2.75, 3.05) is 24.9 Å². The summed E-state index contributed by atoms with van der Waals surface area (Å²) in [5.41, 5.74) is 11.9. The third-order valence-corrected chi connectivity index (χ3v) is 4.76. The van der Waals surface area contributed by atoms with Crippen molar-refractivity contribution in [3.8, 4) is 11.8 Å². The second-order valence-electron chi connectivity index (χ2n) is 7.15. The number of benzene rings is 1. The number of primary amides is 1. The summed E-state index contributed by atoms with van der Waals surface area (Å²) in [4.78, 5) is 20.2. The molecule has 2 heterocycles. The van der Waals surface area contributed by atoms with Crippen LogP contribution in [0.25, 0.3) is 0 Å². The molecule has 174 valence electrons. The maximum Gasteiger partial charge on any atom is 0.252 e. The molecule has 1 aromatic carbocycles. The lowest BCUT2D eigenvalue weighted by Crippen LogP contribution is -2.32. The number of rotatable bonds is 9. The maximum absolute atomic E-state index is 14.9. The van der Waals surface area contributed by atoms with E-state index in [0.29, 0.717) is 5.69 Å². The minimum absolute atomic E-state index is 0.0429. The van der Waals surface area contributed by atoms with Crippen molar-refractivity contribution in [1.29, 1.82) is 0 Å². The van der Waals surface area contributed by atoms with Crippen LogP contribution in [-0.4, -0.2) is 36.1 Å². The second-order valence-corrected chi connectivity index (χ2v) is 7.15. The fraction of sp³-hybridized carbons (Fsp3) is 0.227. The van der Waals surface area contributed by atoms with Gasteiger partial charge in [-0.3, -0.25) is 4.79 Å². The number of nitrogens with zero attached hydrogens (tertiary/aromatic N) is 2. The first-order chi connectivity index (χ1) is 15.7. The molecule has 0 spiro atoms. The third-order valence-electron chi connectivity index (χ3n) is 4.76. The van der Waals surface area contributed by atoms with Crippen molar-refractivity contribution in [3.63, 3.8) is 0 Å². The lowest BCUT2D eigenvalue weighted by molar-refractivity contribution is 0.100. The second kappa shape index (κ2) is 10.1. The van der Waals surface area contributed by atoms with Gasteiger partial charge >= 0.3 is 0 Å². The first kappa shape index (κ1) is 23.7. The van der Waals surface area contributed by atoms with E-state index >= 15 is 0 Å². The molecule has 0 saturated carbocycles. The minimum Gasteiger partial charge on any atom is -0.481 e. The van der Waals surface area contributed by atoms with Crippen LogP contribution in [-0.2, 0) is 0 Å². The smallest absolute Gasteiger partial charge is 0.252 e. The molecule has 2 aromatic heterocycles. The SMILES string of the molecule is COc1cc(Nc2nc(N[C@H](c3ccccc3F)[C@H](C)N)c(F)cc2C(N)=O)cc(OC)n1. The molecule has 3 aromatic rings. The molecule has 33 heavy (non-hydrogen) atoms. The minimum atomic E-state index is -0.902. The lowest BCUT2D eigenvalue weighted by Gasteiger charge is -2.24. The van der Waals surface area contributed by atoms with Gasteiger partial charge in [-0.2, -0.15) is 4.98 Å². The molecule has 0 fully saturated rings. The van der Waals surface area contributed by atoms with E-state index in [1.54, 1.807) is 19.1 Å². The summed E-state index contributed by atoms with van der Waals surface area (Å²) in [6.07, 6.45) is 0. The zero-order valence-corrected chi connectivity index (χ0v) is 18.2. The highest BCUT2D eigenvalue weighted by molar-refractivity contribution is 5.98. The monoisotopic (exact) mass is 458 g/mol. The molecular weight excluding hydrogens is 434 g/mol. The molecule has 0 aliphatic heterocycles. The Labute approximate surface area is 189 Å². The Morgan fingerprint density at radius 1 is 1.00 bits per heavy atom. The van der Waals surface area contributed by atoms with Crippen molar-refractivity contribution in [2.24, 2.45) is 11.5 Å². The molecule has 11 heteroatoms. The fourth-order valence-corrected chi connectivity index (χ4v) is 3.14. The van der Waals surface area contributed by atoms with E-state index in [0.717, 1.165) is 6.07 Å². The van der Waals surface area contributed by atoms with Gasteiger partial charge in [-0.25, -0.2) is 13.8 Å². The van der Waals surface area contributed by atoms with E-state index in [1.807, 2.05) is 0 Å². The largest absolute Gasteiger partial charge is 0.481 e. The number of hydrogen-bond donors (Lipinski definition) is 4. The van der Waals surface area contributed by atoms with E-state index < -0.39 is 29.6 Å². The fourth-order valence-electron chi connectivity index (χ4n) is 3.14. The number of amides is 1. The van der Waals surface area contributed by atoms with Crippen LogP contribution >= 0.6 is 0 Å². The number of pyridine rings is 2. The van der Waals surface area contributed by atoms with Crippen molar-refractivity contribution >= 4 is 23.2 Å². The summed E-state index contributed by atoms with van der Waals surface area (Å²) in [6.45, 7) is 1.65. The quantitative estimate of drug-likeness (QED) is 0.384. The van der Waals surface area contributed by atoms with Gasteiger partial charge in [0.25, 0.3) is 5.91 Å². The van der Waals surface area contributed by atoms with Gasteiger partial charge in [0.15, 0.2) is 11.6 Å². The Morgan fingerprint density at radius 3 is 2.18 bits per heavy atom. The number of methoxy groups -OCH3 is 2. The summed E-state index contributed by atoms with van der Waals surface area (Å²) in [6, 6.07) is 8.58. The molecule has 1 amide bonds. The highest BCUT2D eigenvalue weighted by Crippen LogP contribution is 2.30. The van der Waals surface area contributed by atoms with Crippen LogP contribution in [0.4, 0.5) is 26.1 Å². The lowest BCUT2D eigenvalue weighted by atomic mass is 10.0. The normalized spacial score (nSPS) is 12.5. The van der Waals surface area contributed by atoms with E-state index in [2.05, 4.69) is 20.6 Å². The van der Waals surface area contributed by atoms with E-state index in [1.165, 1.54) is 38.5 Å². The molecule has 0 radical (unpaired) electrons. The highest BCUT2D eigenvalue weighted by Gasteiger charge is 2.23. The van der Waals surface area contributed by atoms with Crippen molar-refractivity contribution in [1.82, 2.24) is 9.97 Å². The predicted molar refractivity (Wildman–Crippen MR) is 120 cm³/mol. The average molecular weight is 458 g/mol. The van der Waals surface area contributed by atoms with Crippen molar-refractivity contribution in [2.45, 2.75) is 19.0 Å². The van der Waals surface area contributed by atoms with Crippen LogP contribution in [0, 0.1) is 11.6 Å². The molecule has 0 bridgehead atoms. The molecule has 0 saturated heterocycles. The zero-order valence-electron chi connectivity index (χ0n) is 18.2. The van der Waals surface area contributed by atoms with Crippen LogP contribution in [0.1, 0.15) is 28.9 Å². The number of aromatic nitrogens is 2. The van der Waals surface area contributed by atoms with Gasteiger partial charge in [0.1, 0.15) is 11.6 Å². The van der Waals surface area contributed by atoms with Gasteiger partial charge in [0.2, 0.25) is 11.8 Å². The first-order valence-corrected chi connectivity index (χ1v) is 9.87. The topological polar surface area (TPSA) is 137 Å². The molecule has 0 unspecified atom stereocenters. The number of carbonyl (C=O) groups is 1. The number of carbonyl (C=O) groups excluding carboxylic acids is 1. The number of hydrogen-bond acceptors (Lipinski definition) is 8. The molecule has 0 aliphatic carbocycles. The van der Waals surface area contributed by atoms with E-state index in [-0.39, 0.29) is 34.5 Å². The summed E-state index contributed by atoms with van der Waals surface area (Å²) < 4.78 is 39.5. The molecule has 6 N–H and O–H groups in total. The zero-order chi connectivity index (χ0) is 24.1. The van der Waals surface area contributed by atoms with Crippen LogP contribution < -0.4 is 31.6 Å². The van der Waals surface area contributed by atoms with Crippen LogP contribution in [0.15, 0.2) is 42.5 Å². The molecular formula is C22H24F2N6O3. The summed E-state index contributed by atoms with van der Waals surface area (Å²) >= 11 is 0. The Bertz CT molecular complexity index is 1140. The summed E-state index contributed by atoms with van der Waals surface area (Å²) in [5.74, 6) is -2.10. The molecule has 2 atom stereocenters. The van der Waals surface area contributed by atoms with Crippen molar-refractivity contribution in [3.05, 3.63) is 65.2 Å². The highest BCUT2D eigenvalue weighted by atomic mass is 19.1. The van der Waals surface area contributed by atoms with Crippen LogP contribution in [0.3, 0.4) is 0 Å². The molecule has 3 rings (SSSR count). The first-order valence-electron chi connectivity index (χ1n) is 9.87. The number of nitrogens with one attached hydrogen (secondary N) is 2. The van der Waals surface area contributed by atoms with Gasteiger partial charge in [0.05, 0.1) is 31.5 Å². The van der Waals surface area contributed by atoms with Crippen LogP contribution in [0.5, 0.6) is 11.8 Å². The van der Waals surface area contributed by atoms with Gasteiger partial charge < -0.3 is 31.6 Å². The van der Waals surface area contributed by atoms with Gasteiger partial charge in [-0.15, -0.1) is 0 Å². The number of anilines is 3. The average Bonchev–Trinajstić information content (AvgIpc) is 2.79. The van der Waals surface area contributed by atoms with Crippen molar-refractivity contribution < 1.29 is 23.0 Å². The maximum atomic E-state index is 14.9. The Balaban J connectivity index is 2.04. The molecule has 0 aliphatic rings. The van der Waals surface area contributed by atoms with Crippen LogP contribution in [0.2, 0.25) is 0 Å². The summed E-state index contributed by atoms with van der Waals surface area (Å²) in [5, 5.41) is 5.74. The predicted octanol–water partition coefficient (Wildman–Crippen LogP) is 3.11. The van der Waals surface area contributed by atoms with E-state index in [4.69, 9.17) is 20.9 Å².